The average molecular weight is 271 g/mol. The van der Waals surface area contributed by atoms with Crippen molar-refractivity contribution in [2.75, 3.05) is 32.1 Å². The molecular weight excluding hydrogens is 248 g/mol. The van der Waals surface area contributed by atoms with E-state index in [9.17, 15) is 0 Å². The van der Waals surface area contributed by atoms with Crippen LogP contribution in [0.25, 0.3) is 0 Å². The Hall–Kier alpha value is -0.870. The van der Waals surface area contributed by atoms with Crippen molar-refractivity contribution in [3.63, 3.8) is 0 Å². The molecule has 1 unspecified atom stereocenters. The first-order valence-corrected chi connectivity index (χ1v) is 6.66. The van der Waals surface area contributed by atoms with E-state index in [0.717, 1.165) is 30.3 Å². The first-order chi connectivity index (χ1) is 8.36. The lowest BCUT2D eigenvalue weighted by Gasteiger charge is -2.31. The van der Waals surface area contributed by atoms with Gasteiger partial charge in [-0.2, -0.15) is 0 Å². The van der Waals surface area contributed by atoms with Gasteiger partial charge in [0.05, 0.1) is 11.4 Å². The molecule has 0 bridgehead atoms. The molecule has 102 valence electrons. The molecule has 0 saturated heterocycles. The van der Waals surface area contributed by atoms with Crippen LogP contribution in [0.5, 0.6) is 0 Å². The topological polar surface area (TPSA) is 32.3 Å². The Morgan fingerprint density at radius 1 is 1.17 bits per heavy atom. The van der Waals surface area contributed by atoms with Gasteiger partial charge in [0.1, 0.15) is 0 Å². The Morgan fingerprint density at radius 2 is 1.72 bits per heavy atom. The number of aryl methyl sites for hydroxylation is 2. The van der Waals surface area contributed by atoms with Crippen LogP contribution in [0.3, 0.4) is 0 Å². The largest absolute Gasteiger partial charge is 0.350 e. The van der Waals surface area contributed by atoms with Crippen molar-refractivity contribution in [2.45, 2.75) is 33.7 Å². The van der Waals surface area contributed by atoms with Crippen LogP contribution in [0, 0.1) is 13.8 Å². The monoisotopic (exact) mass is 270 g/mol. The molecular formula is C13H23ClN4. The lowest BCUT2D eigenvalue weighted by Crippen LogP contribution is -2.41. The molecule has 0 N–H and O–H groups in total. The maximum atomic E-state index is 6.23. The standard InChI is InChI=1S/C13H23ClN4/c1-7-18(9(2)8-17(5)6)13-12(14)15-10(3)11(4)16-13/h9H,7-8H2,1-6H3. The summed E-state index contributed by atoms with van der Waals surface area (Å²) >= 11 is 6.23. The first-order valence-electron chi connectivity index (χ1n) is 6.28. The van der Waals surface area contributed by atoms with Gasteiger partial charge < -0.3 is 9.80 Å². The summed E-state index contributed by atoms with van der Waals surface area (Å²) in [6.45, 7) is 10.0. The quantitative estimate of drug-likeness (QED) is 0.823. The number of anilines is 1. The van der Waals surface area contributed by atoms with Crippen LogP contribution < -0.4 is 4.90 Å². The maximum Gasteiger partial charge on any atom is 0.171 e. The van der Waals surface area contributed by atoms with Crippen LogP contribution in [0.1, 0.15) is 25.2 Å². The molecule has 0 radical (unpaired) electrons. The predicted molar refractivity (Wildman–Crippen MR) is 77.6 cm³/mol. The number of likely N-dealkylation sites (N-methyl/N-ethyl adjacent to an activating group) is 2. The fraction of sp³-hybridized carbons (Fsp3) is 0.692. The van der Waals surface area contributed by atoms with E-state index in [0.29, 0.717) is 11.2 Å². The van der Waals surface area contributed by atoms with E-state index in [2.05, 4.69) is 47.7 Å². The van der Waals surface area contributed by atoms with Crippen molar-refractivity contribution in [1.82, 2.24) is 14.9 Å². The molecule has 1 aromatic rings. The highest BCUT2D eigenvalue weighted by atomic mass is 35.5. The van der Waals surface area contributed by atoms with E-state index >= 15 is 0 Å². The van der Waals surface area contributed by atoms with Gasteiger partial charge in [0.25, 0.3) is 0 Å². The van der Waals surface area contributed by atoms with Gasteiger partial charge in [-0.3, -0.25) is 0 Å². The van der Waals surface area contributed by atoms with Gasteiger partial charge in [-0.25, -0.2) is 9.97 Å². The first kappa shape index (κ1) is 15.2. The highest BCUT2D eigenvalue weighted by Crippen LogP contribution is 2.24. The summed E-state index contributed by atoms with van der Waals surface area (Å²) in [5, 5.41) is 0.491. The zero-order valence-corrected chi connectivity index (χ0v) is 12.9. The van der Waals surface area contributed by atoms with Gasteiger partial charge in [0.2, 0.25) is 0 Å². The highest BCUT2D eigenvalue weighted by molar-refractivity contribution is 6.31. The third-order valence-corrected chi connectivity index (χ3v) is 3.28. The number of rotatable bonds is 5. The van der Waals surface area contributed by atoms with Gasteiger partial charge in [-0.15, -0.1) is 0 Å². The van der Waals surface area contributed by atoms with Crippen LogP contribution in [-0.2, 0) is 0 Å². The maximum absolute atomic E-state index is 6.23. The molecule has 0 aliphatic heterocycles. The Morgan fingerprint density at radius 3 is 2.22 bits per heavy atom. The molecule has 0 amide bonds. The summed E-state index contributed by atoms with van der Waals surface area (Å²) in [6, 6.07) is 0.346. The molecule has 1 rings (SSSR count). The zero-order chi connectivity index (χ0) is 13.9. The zero-order valence-electron chi connectivity index (χ0n) is 12.2. The van der Waals surface area contributed by atoms with E-state index in [-0.39, 0.29) is 0 Å². The van der Waals surface area contributed by atoms with Crippen LogP contribution in [0.4, 0.5) is 5.82 Å². The highest BCUT2D eigenvalue weighted by Gasteiger charge is 2.19. The lowest BCUT2D eigenvalue weighted by molar-refractivity contribution is 0.372. The van der Waals surface area contributed by atoms with Crippen molar-refractivity contribution in [3.05, 3.63) is 16.5 Å². The van der Waals surface area contributed by atoms with Crippen molar-refractivity contribution in [1.29, 1.82) is 0 Å². The SMILES string of the molecule is CCN(c1nc(C)c(C)nc1Cl)C(C)CN(C)C. The van der Waals surface area contributed by atoms with E-state index in [1.165, 1.54) is 0 Å². The molecule has 18 heavy (non-hydrogen) atoms. The molecule has 1 heterocycles. The molecule has 1 atom stereocenters. The number of hydrogen-bond acceptors (Lipinski definition) is 4. The fourth-order valence-corrected chi connectivity index (χ4v) is 2.32. The average Bonchev–Trinajstić information content (AvgIpc) is 2.25. The molecule has 0 fully saturated rings. The summed E-state index contributed by atoms with van der Waals surface area (Å²) in [5.74, 6) is 0.789. The van der Waals surface area contributed by atoms with Crippen LogP contribution in [-0.4, -0.2) is 48.1 Å². The van der Waals surface area contributed by atoms with Crippen LogP contribution in [0.2, 0.25) is 5.15 Å². The summed E-state index contributed by atoms with van der Waals surface area (Å²) in [7, 11) is 4.13. The van der Waals surface area contributed by atoms with E-state index < -0.39 is 0 Å². The lowest BCUT2D eigenvalue weighted by atomic mass is 10.2. The summed E-state index contributed by atoms with van der Waals surface area (Å²) in [5.41, 5.74) is 1.82. The van der Waals surface area contributed by atoms with Gasteiger partial charge in [0.15, 0.2) is 11.0 Å². The van der Waals surface area contributed by atoms with Crippen LogP contribution in [0.15, 0.2) is 0 Å². The van der Waals surface area contributed by atoms with Gasteiger partial charge in [-0.05, 0) is 41.8 Å². The van der Waals surface area contributed by atoms with Gasteiger partial charge in [-0.1, -0.05) is 11.6 Å². The molecule has 0 aliphatic carbocycles. The second-order valence-electron chi connectivity index (χ2n) is 4.91. The molecule has 0 aliphatic rings. The van der Waals surface area contributed by atoms with Crippen molar-refractivity contribution in [3.8, 4) is 0 Å². The van der Waals surface area contributed by atoms with Crippen molar-refractivity contribution >= 4 is 17.4 Å². The Balaban J connectivity index is 3.05. The van der Waals surface area contributed by atoms with Gasteiger partial charge >= 0.3 is 0 Å². The smallest absolute Gasteiger partial charge is 0.171 e. The molecule has 4 nitrogen and oxygen atoms in total. The van der Waals surface area contributed by atoms with Gasteiger partial charge in [0, 0.05) is 19.1 Å². The van der Waals surface area contributed by atoms with E-state index in [1.807, 2.05) is 13.8 Å². The summed E-state index contributed by atoms with van der Waals surface area (Å²) in [4.78, 5) is 13.3. The number of aromatic nitrogens is 2. The molecule has 0 saturated carbocycles. The second-order valence-corrected chi connectivity index (χ2v) is 5.26. The fourth-order valence-electron chi connectivity index (χ4n) is 2.04. The number of hydrogen-bond donors (Lipinski definition) is 0. The third kappa shape index (κ3) is 3.56. The Labute approximate surface area is 115 Å². The summed E-state index contributed by atoms with van der Waals surface area (Å²) < 4.78 is 0. The third-order valence-electron chi connectivity index (χ3n) is 3.02. The number of halogens is 1. The van der Waals surface area contributed by atoms with E-state index in [4.69, 9.17) is 11.6 Å². The molecule has 0 aromatic carbocycles. The Bertz CT molecular complexity index is 406. The Kier molecular flexibility index (Phi) is 5.35. The molecule has 5 heteroatoms. The van der Waals surface area contributed by atoms with Crippen molar-refractivity contribution in [2.24, 2.45) is 0 Å². The van der Waals surface area contributed by atoms with Crippen molar-refractivity contribution < 1.29 is 0 Å². The summed E-state index contributed by atoms with van der Waals surface area (Å²) in [6.07, 6.45) is 0. The minimum atomic E-state index is 0.346. The molecule has 1 aromatic heterocycles. The van der Waals surface area contributed by atoms with E-state index in [1.54, 1.807) is 0 Å². The van der Waals surface area contributed by atoms with Crippen LogP contribution >= 0.6 is 11.6 Å². The predicted octanol–water partition coefficient (Wildman–Crippen LogP) is 2.52. The minimum absolute atomic E-state index is 0.346. The number of nitrogens with zero attached hydrogens (tertiary/aromatic N) is 4. The molecule has 0 spiro atoms. The normalized spacial score (nSPS) is 12.9. The second kappa shape index (κ2) is 6.34. The minimum Gasteiger partial charge on any atom is -0.350 e.